The molecule has 13 heteroatoms. The number of esters is 1. The Hall–Kier alpha value is -2.50. The molecule has 0 aliphatic rings. The number of benzene rings is 1. The molecule has 0 saturated carbocycles. The van der Waals surface area contributed by atoms with Crippen molar-refractivity contribution in [2.75, 3.05) is 6.61 Å². The first kappa shape index (κ1) is 23.2. The molecule has 0 N–H and O–H groups in total. The van der Waals surface area contributed by atoms with Crippen molar-refractivity contribution in [3.05, 3.63) is 44.1 Å². The van der Waals surface area contributed by atoms with E-state index in [1.165, 1.54) is 29.8 Å². The Labute approximate surface area is 188 Å². The summed E-state index contributed by atoms with van der Waals surface area (Å²) < 4.78 is 55.4. The molecule has 3 aromatic rings. The van der Waals surface area contributed by atoms with Crippen molar-refractivity contribution in [2.45, 2.75) is 20.1 Å². The second kappa shape index (κ2) is 9.75. The predicted molar refractivity (Wildman–Crippen MR) is 108 cm³/mol. The fraction of sp³-hybridized carbons (Fsp3) is 0.278. The fourth-order valence-corrected chi connectivity index (χ4v) is 3.69. The monoisotopic (exact) mass is 495 g/mol. The first-order valence-electron chi connectivity index (χ1n) is 8.62. The number of aryl methyl sites for hydroxylation is 1. The highest BCUT2D eigenvalue weighted by Crippen LogP contribution is 2.40. The van der Waals surface area contributed by atoms with Crippen molar-refractivity contribution < 1.29 is 32.2 Å². The Morgan fingerprint density at radius 3 is 2.74 bits per heavy atom. The first-order valence-corrected chi connectivity index (χ1v) is 10.3. The molecule has 0 amide bonds. The summed E-state index contributed by atoms with van der Waals surface area (Å²) in [6.45, 7) is -1.30. The van der Waals surface area contributed by atoms with Crippen molar-refractivity contribution in [3.63, 3.8) is 0 Å². The Morgan fingerprint density at radius 2 is 2.06 bits per heavy atom. The minimum absolute atomic E-state index is 0.0421. The molecule has 0 unspecified atom stereocenters. The zero-order valence-electron chi connectivity index (χ0n) is 16.0. The maximum atomic E-state index is 14.5. The molecule has 7 nitrogen and oxygen atoms in total. The van der Waals surface area contributed by atoms with E-state index in [0.717, 1.165) is 10.7 Å². The molecular weight excluding hydrogens is 482 g/mol. The van der Waals surface area contributed by atoms with Crippen LogP contribution in [0.15, 0.2) is 17.5 Å². The summed E-state index contributed by atoms with van der Waals surface area (Å²) in [7, 11) is 1.32. The average Bonchev–Trinajstić information content (AvgIpc) is 3.28. The Morgan fingerprint density at radius 1 is 1.32 bits per heavy atom. The van der Waals surface area contributed by atoms with Crippen LogP contribution in [-0.2, 0) is 18.4 Å². The van der Waals surface area contributed by atoms with Gasteiger partial charge in [-0.05, 0) is 19.1 Å². The maximum Gasteiger partial charge on any atom is 0.388 e. The topological polar surface area (TPSA) is 75.5 Å². The van der Waals surface area contributed by atoms with Gasteiger partial charge in [-0.2, -0.15) is 13.9 Å². The van der Waals surface area contributed by atoms with Crippen LogP contribution in [0.3, 0.4) is 0 Å². The van der Waals surface area contributed by atoms with E-state index >= 15 is 0 Å². The van der Waals surface area contributed by atoms with Gasteiger partial charge < -0.3 is 14.2 Å². The van der Waals surface area contributed by atoms with Gasteiger partial charge >= 0.3 is 12.6 Å². The molecule has 3 rings (SSSR count). The molecular formula is C18H14Cl2F3N3O4S. The molecule has 2 aromatic heterocycles. The second-order valence-corrected chi connectivity index (χ2v) is 7.60. The SMILES string of the molecule is CCOC(=O)c1csc(COc2cc(-c3nn(C)c(OC(F)F)c3Cl)c(F)cc2Cl)n1. The van der Waals surface area contributed by atoms with Crippen molar-refractivity contribution in [3.8, 4) is 22.9 Å². The average molecular weight is 496 g/mol. The van der Waals surface area contributed by atoms with Gasteiger partial charge in [0.2, 0.25) is 5.88 Å². The number of carbonyl (C=O) groups is 1. The van der Waals surface area contributed by atoms with E-state index in [9.17, 15) is 18.0 Å². The zero-order valence-corrected chi connectivity index (χ0v) is 18.3. The van der Waals surface area contributed by atoms with Crippen LogP contribution in [0, 0.1) is 5.82 Å². The Bertz CT molecular complexity index is 1110. The number of thiazole rings is 1. The van der Waals surface area contributed by atoms with Crippen LogP contribution in [0.4, 0.5) is 13.2 Å². The standard InChI is InChI=1S/C18H14Cl2F3N3O4S/c1-3-28-17(27)11-7-31-13(24-11)6-29-12-4-8(10(21)5-9(12)19)15-14(20)16(26(2)25-15)30-18(22)23/h4-5,7,18H,3,6H2,1-2H3. The Kier molecular flexibility index (Phi) is 7.29. The number of hydrogen-bond acceptors (Lipinski definition) is 7. The van der Waals surface area contributed by atoms with Crippen molar-refractivity contribution >= 4 is 40.5 Å². The molecule has 2 heterocycles. The summed E-state index contributed by atoms with van der Waals surface area (Å²) in [6.07, 6.45) is 0. The molecule has 0 aliphatic heterocycles. The molecule has 0 saturated heterocycles. The van der Waals surface area contributed by atoms with Gasteiger partial charge in [-0.1, -0.05) is 23.2 Å². The summed E-state index contributed by atoms with van der Waals surface area (Å²) in [5, 5.41) is 5.58. The molecule has 0 radical (unpaired) electrons. The normalized spacial score (nSPS) is 11.1. The number of nitrogens with zero attached hydrogens (tertiary/aromatic N) is 3. The summed E-state index contributed by atoms with van der Waals surface area (Å²) in [5.41, 5.74) is -0.115. The quantitative estimate of drug-likeness (QED) is 0.392. The molecule has 0 atom stereocenters. The highest BCUT2D eigenvalue weighted by Gasteiger charge is 2.24. The summed E-state index contributed by atoms with van der Waals surface area (Å²) >= 11 is 13.3. The van der Waals surface area contributed by atoms with Gasteiger partial charge in [0, 0.05) is 18.0 Å². The van der Waals surface area contributed by atoms with Crippen LogP contribution in [-0.4, -0.2) is 34.0 Å². The van der Waals surface area contributed by atoms with Gasteiger partial charge in [-0.3, -0.25) is 0 Å². The summed E-state index contributed by atoms with van der Waals surface area (Å²) in [6, 6.07) is 2.22. The number of hydrogen-bond donors (Lipinski definition) is 0. The number of ether oxygens (including phenoxy) is 3. The van der Waals surface area contributed by atoms with Crippen LogP contribution in [0.25, 0.3) is 11.3 Å². The second-order valence-electron chi connectivity index (χ2n) is 5.87. The van der Waals surface area contributed by atoms with E-state index in [1.807, 2.05) is 0 Å². The van der Waals surface area contributed by atoms with Crippen LogP contribution in [0.2, 0.25) is 10.0 Å². The predicted octanol–water partition coefficient (Wildman–Crippen LogP) is 5.35. The lowest BCUT2D eigenvalue weighted by molar-refractivity contribution is -0.0552. The number of alkyl halides is 2. The van der Waals surface area contributed by atoms with Gasteiger partial charge in [0.1, 0.15) is 33.9 Å². The van der Waals surface area contributed by atoms with E-state index < -0.39 is 24.3 Å². The van der Waals surface area contributed by atoms with Gasteiger partial charge in [-0.25, -0.2) is 18.9 Å². The zero-order chi connectivity index (χ0) is 22.7. The number of halogens is 5. The number of aromatic nitrogens is 3. The van der Waals surface area contributed by atoms with Gasteiger partial charge in [0.05, 0.1) is 11.6 Å². The highest BCUT2D eigenvalue weighted by molar-refractivity contribution is 7.09. The van der Waals surface area contributed by atoms with E-state index in [-0.39, 0.29) is 46.0 Å². The summed E-state index contributed by atoms with van der Waals surface area (Å²) in [4.78, 5) is 15.8. The molecule has 0 bridgehead atoms. The third kappa shape index (κ3) is 5.23. The largest absolute Gasteiger partial charge is 0.485 e. The minimum atomic E-state index is -3.13. The summed E-state index contributed by atoms with van der Waals surface area (Å²) in [5.74, 6) is -1.69. The highest BCUT2D eigenvalue weighted by atomic mass is 35.5. The lowest BCUT2D eigenvalue weighted by atomic mass is 10.1. The molecule has 1 aromatic carbocycles. The van der Waals surface area contributed by atoms with Crippen LogP contribution < -0.4 is 9.47 Å². The maximum absolute atomic E-state index is 14.5. The van der Waals surface area contributed by atoms with E-state index in [1.54, 1.807) is 6.92 Å². The van der Waals surface area contributed by atoms with E-state index in [0.29, 0.717) is 5.01 Å². The number of rotatable bonds is 8. The third-order valence-electron chi connectivity index (χ3n) is 3.80. The third-order valence-corrected chi connectivity index (χ3v) is 5.26. The Balaban J connectivity index is 1.85. The lowest BCUT2D eigenvalue weighted by Gasteiger charge is -2.09. The van der Waals surface area contributed by atoms with Crippen molar-refractivity contribution in [1.29, 1.82) is 0 Å². The van der Waals surface area contributed by atoms with E-state index in [2.05, 4.69) is 14.8 Å². The van der Waals surface area contributed by atoms with Gasteiger partial charge in [0.25, 0.3) is 0 Å². The smallest absolute Gasteiger partial charge is 0.388 e. The van der Waals surface area contributed by atoms with Crippen LogP contribution in [0.1, 0.15) is 22.4 Å². The minimum Gasteiger partial charge on any atom is -0.485 e. The molecule has 0 spiro atoms. The molecule has 0 fully saturated rings. The first-order chi connectivity index (χ1) is 14.7. The molecule has 166 valence electrons. The fourth-order valence-electron chi connectivity index (χ4n) is 2.50. The van der Waals surface area contributed by atoms with Gasteiger partial charge in [-0.15, -0.1) is 11.3 Å². The van der Waals surface area contributed by atoms with Gasteiger partial charge in [0.15, 0.2) is 5.69 Å². The lowest BCUT2D eigenvalue weighted by Crippen LogP contribution is -2.06. The van der Waals surface area contributed by atoms with Crippen LogP contribution >= 0.6 is 34.5 Å². The van der Waals surface area contributed by atoms with Crippen molar-refractivity contribution in [2.24, 2.45) is 7.05 Å². The van der Waals surface area contributed by atoms with Crippen molar-refractivity contribution in [1.82, 2.24) is 14.8 Å². The number of carbonyl (C=O) groups excluding carboxylic acids is 1. The molecule has 31 heavy (non-hydrogen) atoms. The van der Waals surface area contributed by atoms with E-state index in [4.69, 9.17) is 32.7 Å². The molecule has 0 aliphatic carbocycles. The van der Waals surface area contributed by atoms with Crippen LogP contribution in [0.5, 0.6) is 11.6 Å².